The van der Waals surface area contributed by atoms with E-state index in [1.807, 2.05) is 6.07 Å². The largest absolute Gasteiger partial charge is 0.380 e. The van der Waals surface area contributed by atoms with Crippen molar-refractivity contribution in [1.29, 1.82) is 0 Å². The Bertz CT molecular complexity index is 551. The molecule has 1 aromatic heterocycles. The summed E-state index contributed by atoms with van der Waals surface area (Å²) >= 11 is 0. The van der Waals surface area contributed by atoms with Crippen molar-refractivity contribution in [2.24, 2.45) is 10.9 Å². The van der Waals surface area contributed by atoms with E-state index >= 15 is 0 Å². The molecule has 1 aromatic rings. The summed E-state index contributed by atoms with van der Waals surface area (Å²) in [5.74, 6) is 2.38. The second-order valence-electron chi connectivity index (χ2n) is 7.36. The summed E-state index contributed by atoms with van der Waals surface area (Å²) in [4.78, 5) is 18.0. The number of guanidine groups is 1. The highest BCUT2D eigenvalue weighted by Crippen LogP contribution is 2.09. The van der Waals surface area contributed by atoms with Crippen molar-refractivity contribution in [3.05, 3.63) is 18.5 Å². The molecular formula is C20H38IN7O. The number of aromatic nitrogens is 2. The Morgan fingerprint density at radius 3 is 2.52 bits per heavy atom. The minimum Gasteiger partial charge on any atom is -0.380 e. The third-order valence-corrected chi connectivity index (χ3v) is 4.62. The molecule has 8 nitrogen and oxygen atoms in total. The zero-order valence-corrected chi connectivity index (χ0v) is 20.5. The molecule has 29 heavy (non-hydrogen) atoms. The minimum absolute atomic E-state index is 0. The molecule has 0 atom stereocenters. The standard InChI is InChI=1S/C20H37N7O.HI/c1-4-21-19(23-10-17-28-16-6-18(2)3)22-9-11-26-12-14-27(15-13-26)20-24-7-5-8-25-20;/h5,7-8,18H,4,6,9-17H2,1-3H3,(H2,21,22,23);1H. The Morgan fingerprint density at radius 1 is 1.14 bits per heavy atom. The molecule has 166 valence electrons. The topological polar surface area (TPSA) is 77.9 Å². The van der Waals surface area contributed by atoms with Crippen LogP contribution in [0.15, 0.2) is 23.5 Å². The summed E-state index contributed by atoms with van der Waals surface area (Å²) in [5, 5.41) is 6.64. The molecule has 0 amide bonds. The zero-order valence-electron chi connectivity index (χ0n) is 18.1. The van der Waals surface area contributed by atoms with Crippen LogP contribution in [-0.2, 0) is 4.74 Å². The highest BCUT2D eigenvalue weighted by atomic mass is 127. The maximum atomic E-state index is 5.65. The fraction of sp³-hybridized carbons (Fsp3) is 0.750. The van der Waals surface area contributed by atoms with Crippen LogP contribution < -0.4 is 15.5 Å². The lowest BCUT2D eigenvalue weighted by atomic mass is 10.1. The van der Waals surface area contributed by atoms with Crippen molar-refractivity contribution in [2.75, 3.05) is 70.5 Å². The van der Waals surface area contributed by atoms with Gasteiger partial charge in [0.2, 0.25) is 5.95 Å². The Balaban J connectivity index is 0.00000420. The minimum atomic E-state index is 0. The molecule has 1 saturated heterocycles. The van der Waals surface area contributed by atoms with Crippen LogP contribution in [0.2, 0.25) is 0 Å². The van der Waals surface area contributed by atoms with Crippen LogP contribution in [0.4, 0.5) is 5.95 Å². The molecule has 2 rings (SSSR count). The highest BCUT2D eigenvalue weighted by Gasteiger charge is 2.18. The van der Waals surface area contributed by atoms with E-state index in [2.05, 4.69) is 56.2 Å². The van der Waals surface area contributed by atoms with Crippen LogP contribution in [0.25, 0.3) is 0 Å². The first-order valence-corrected chi connectivity index (χ1v) is 10.5. The normalized spacial score (nSPS) is 15.3. The lowest BCUT2D eigenvalue weighted by Gasteiger charge is -2.34. The first kappa shape index (κ1) is 25.8. The molecular weight excluding hydrogens is 481 g/mol. The van der Waals surface area contributed by atoms with Crippen molar-refractivity contribution < 1.29 is 4.74 Å². The lowest BCUT2D eigenvalue weighted by Crippen LogP contribution is -2.48. The van der Waals surface area contributed by atoms with E-state index in [1.165, 1.54) is 0 Å². The first-order valence-electron chi connectivity index (χ1n) is 10.5. The summed E-state index contributed by atoms with van der Waals surface area (Å²) < 4.78 is 5.65. The number of hydrogen-bond donors (Lipinski definition) is 2. The van der Waals surface area contributed by atoms with Crippen molar-refractivity contribution >= 4 is 35.9 Å². The Kier molecular flexibility index (Phi) is 13.9. The monoisotopic (exact) mass is 519 g/mol. The van der Waals surface area contributed by atoms with E-state index in [0.717, 1.165) is 77.3 Å². The van der Waals surface area contributed by atoms with Gasteiger partial charge >= 0.3 is 0 Å². The van der Waals surface area contributed by atoms with E-state index in [1.54, 1.807) is 12.4 Å². The van der Waals surface area contributed by atoms with Crippen molar-refractivity contribution in [2.45, 2.75) is 27.2 Å². The van der Waals surface area contributed by atoms with Crippen LogP contribution in [0.5, 0.6) is 0 Å². The van der Waals surface area contributed by atoms with Gasteiger partial charge in [0.15, 0.2) is 5.96 Å². The average Bonchev–Trinajstić information content (AvgIpc) is 2.71. The molecule has 1 aliphatic rings. The van der Waals surface area contributed by atoms with Crippen molar-refractivity contribution in [1.82, 2.24) is 25.5 Å². The van der Waals surface area contributed by atoms with Crippen molar-refractivity contribution in [3.8, 4) is 0 Å². The van der Waals surface area contributed by atoms with Crippen LogP contribution in [-0.4, -0.2) is 86.4 Å². The molecule has 0 aliphatic carbocycles. The van der Waals surface area contributed by atoms with E-state index in [0.29, 0.717) is 12.5 Å². The SMILES string of the molecule is CCNC(=NCCN1CCN(c2ncccn2)CC1)NCCOCCC(C)C.I. The number of anilines is 1. The molecule has 0 aromatic carbocycles. The third-order valence-electron chi connectivity index (χ3n) is 4.62. The molecule has 9 heteroatoms. The van der Waals surface area contributed by atoms with E-state index in [4.69, 9.17) is 4.74 Å². The molecule has 2 N–H and O–H groups in total. The van der Waals surface area contributed by atoms with Gasteiger partial charge < -0.3 is 20.3 Å². The Labute approximate surface area is 192 Å². The number of aliphatic imine (C=N–C) groups is 1. The van der Waals surface area contributed by atoms with Gasteiger partial charge in [-0.25, -0.2) is 9.97 Å². The molecule has 0 unspecified atom stereocenters. The van der Waals surface area contributed by atoms with Gasteiger partial charge in [-0.15, -0.1) is 24.0 Å². The smallest absolute Gasteiger partial charge is 0.225 e. The summed E-state index contributed by atoms with van der Waals surface area (Å²) in [6, 6.07) is 1.85. The molecule has 2 heterocycles. The predicted octanol–water partition coefficient (Wildman–Crippen LogP) is 1.83. The van der Waals surface area contributed by atoms with Gasteiger partial charge in [0.1, 0.15) is 0 Å². The third kappa shape index (κ3) is 10.9. The second kappa shape index (κ2) is 15.6. The Hall–Kier alpha value is -1.20. The van der Waals surface area contributed by atoms with Gasteiger partial charge in [-0.2, -0.15) is 0 Å². The lowest BCUT2D eigenvalue weighted by molar-refractivity contribution is 0.128. The number of nitrogens with zero attached hydrogens (tertiary/aromatic N) is 5. The number of nitrogens with one attached hydrogen (secondary N) is 2. The number of halogens is 1. The van der Waals surface area contributed by atoms with Gasteiger partial charge in [0, 0.05) is 64.8 Å². The molecule has 0 spiro atoms. The quantitative estimate of drug-likeness (QED) is 0.200. The van der Waals surface area contributed by atoms with Gasteiger partial charge in [-0.05, 0) is 25.3 Å². The fourth-order valence-electron chi connectivity index (χ4n) is 2.93. The Morgan fingerprint density at radius 2 is 1.86 bits per heavy atom. The van der Waals surface area contributed by atoms with Gasteiger partial charge in [-0.3, -0.25) is 9.89 Å². The molecule has 0 saturated carbocycles. The summed E-state index contributed by atoms with van der Waals surface area (Å²) in [6.07, 6.45) is 4.71. The molecule has 0 bridgehead atoms. The maximum absolute atomic E-state index is 5.65. The second-order valence-corrected chi connectivity index (χ2v) is 7.36. The van der Waals surface area contributed by atoms with Gasteiger partial charge in [-0.1, -0.05) is 13.8 Å². The molecule has 0 radical (unpaired) electrons. The summed E-state index contributed by atoms with van der Waals surface area (Å²) in [7, 11) is 0. The summed E-state index contributed by atoms with van der Waals surface area (Å²) in [6.45, 7) is 15.4. The highest BCUT2D eigenvalue weighted by molar-refractivity contribution is 14.0. The number of piperazine rings is 1. The average molecular weight is 519 g/mol. The summed E-state index contributed by atoms with van der Waals surface area (Å²) in [5.41, 5.74) is 0. The fourth-order valence-corrected chi connectivity index (χ4v) is 2.93. The first-order chi connectivity index (χ1) is 13.7. The van der Waals surface area contributed by atoms with Crippen LogP contribution in [0.1, 0.15) is 27.2 Å². The number of hydrogen-bond acceptors (Lipinski definition) is 6. The predicted molar refractivity (Wildman–Crippen MR) is 130 cm³/mol. The van der Waals surface area contributed by atoms with Crippen LogP contribution >= 0.6 is 24.0 Å². The van der Waals surface area contributed by atoms with Crippen LogP contribution in [0.3, 0.4) is 0 Å². The van der Waals surface area contributed by atoms with Crippen LogP contribution in [0, 0.1) is 5.92 Å². The van der Waals surface area contributed by atoms with E-state index < -0.39 is 0 Å². The zero-order chi connectivity index (χ0) is 20.0. The molecule has 1 aliphatic heterocycles. The van der Waals surface area contributed by atoms with Crippen molar-refractivity contribution in [3.63, 3.8) is 0 Å². The van der Waals surface area contributed by atoms with E-state index in [-0.39, 0.29) is 24.0 Å². The number of rotatable bonds is 11. The van der Waals surface area contributed by atoms with Gasteiger partial charge in [0.25, 0.3) is 0 Å². The maximum Gasteiger partial charge on any atom is 0.225 e. The van der Waals surface area contributed by atoms with E-state index in [9.17, 15) is 0 Å². The molecule has 1 fully saturated rings. The number of ether oxygens (including phenoxy) is 1. The van der Waals surface area contributed by atoms with Gasteiger partial charge in [0.05, 0.1) is 13.2 Å².